The van der Waals surface area contributed by atoms with Gasteiger partial charge in [0.05, 0.1) is 17.6 Å². The highest BCUT2D eigenvalue weighted by atomic mass is 32.2. The van der Waals surface area contributed by atoms with Gasteiger partial charge in [-0.05, 0) is 19.8 Å². The van der Waals surface area contributed by atoms with Crippen LogP contribution in [0.15, 0.2) is 0 Å². The van der Waals surface area contributed by atoms with E-state index < -0.39 is 9.84 Å². The SMILES string of the molecule is CCC(C)S(=O)(=O)CCC[O]. The van der Waals surface area contributed by atoms with Gasteiger partial charge in [0, 0.05) is 0 Å². The predicted molar refractivity (Wildman–Crippen MR) is 43.7 cm³/mol. The molecule has 0 bridgehead atoms. The minimum absolute atomic E-state index is 0.0471. The van der Waals surface area contributed by atoms with Gasteiger partial charge < -0.3 is 0 Å². The van der Waals surface area contributed by atoms with Crippen LogP contribution in [-0.2, 0) is 14.9 Å². The molecule has 0 saturated heterocycles. The molecule has 1 radical (unpaired) electrons. The van der Waals surface area contributed by atoms with Crippen LogP contribution in [0.25, 0.3) is 0 Å². The fourth-order valence-corrected chi connectivity index (χ4v) is 2.15. The summed E-state index contributed by atoms with van der Waals surface area (Å²) in [7, 11) is -2.97. The van der Waals surface area contributed by atoms with Gasteiger partial charge in [-0.1, -0.05) is 6.92 Å². The highest BCUT2D eigenvalue weighted by Gasteiger charge is 2.17. The van der Waals surface area contributed by atoms with Crippen LogP contribution in [0.4, 0.5) is 0 Å². The molecule has 0 saturated carbocycles. The maximum absolute atomic E-state index is 11.2. The maximum Gasteiger partial charge on any atom is 0.152 e. The molecule has 4 heteroatoms. The molecular formula is C7H15O3S. The van der Waals surface area contributed by atoms with Crippen LogP contribution in [0.5, 0.6) is 0 Å². The molecular weight excluding hydrogens is 164 g/mol. The summed E-state index contributed by atoms with van der Waals surface area (Å²) in [4.78, 5) is 0. The van der Waals surface area contributed by atoms with Gasteiger partial charge in [0.25, 0.3) is 0 Å². The Labute approximate surface area is 68.3 Å². The van der Waals surface area contributed by atoms with Crippen LogP contribution >= 0.6 is 0 Å². The lowest BCUT2D eigenvalue weighted by atomic mass is 10.4. The molecule has 0 aliphatic rings. The first-order valence-corrected chi connectivity index (χ1v) is 5.55. The first-order valence-electron chi connectivity index (χ1n) is 3.84. The summed E-state index contributed by atoms with van der Waals surface area (Å²) < 4.78 is 22.4. The van der Waals surface area contributed by atoms with Crippen LogP contribution < -0.4 is 0 Å². The topological polar surface area (TPSA) is 54.0 Å². The first-order chi connectivity index (χ1) is 5.04. The van der Waals surface area contributed by atoms with E-state index in [1.54, 1.807) is 6.92 Å². The highest BCUT2D eigenvalue weighted by molar-refractivity contribution is 7.91. The second-order valence-electron chi connectivity index (χ2n) is 2.64. The lowest BCUT2D eigenvalue weighted by Crippen LogP contribution is -2.20. The average Bonchev–Trinajstić information content (AvgIpc) is 1.99. The Morgan fingerprint density at radius 3 is 2.27 bits per heavy atom. The molecule has 1 unspecified atom stereocenters. The maximum atomic E-state index is 11.2. The molecule has 0 N–H and O–H groups in total. The van der Waals surface area contributed by atoms with Crippen molar-refractivity contribution in [1.82, 2.24) is 0 Å². The van der Waals surface area contributed by atoms with E-state index in [-0.39, 0.29) is 24.0 Å². The Morgan fingerprint density at radius 1 is 1.36 bits per heavy atom. The standard InChI is InChI=1S/C7H15O3S/c1-3-7(2)11(9,10)6-4-5-8/h7H,3-6H2,1-2H3. The zero-order valence-electron chi connectivity index (χ0n) is 7.04. The van der Waals surface area contributed by atoms with E-state index in [4.69, 9.17) is 0 Å². The lowest BCUT2D eigenvalue weighted by molar-refractivity contribution is 0.194. The minimum Gasteiger partial charge on any atom is -0.237 e. The molecule has 0 aromatic rings. The summed E-state index contributed by atoms with van der Waals surface area (Å²) in [5.74, 6) is 0.0471. The summed E-state index contributed by atoms with van der Waals surface area (Å²) >= 11 is 0. The Morgan fingerprint density at radius 2 is 1.91 bits per heavy atom. The van der Waals surface area contributed by atoms with E-state index in [9.17, 15) is 13.5 Å². The van der Waals surface area contributed by atoms with E-state index in [1.165, 1.54) is 0 Å². The van der Waals surface area contributed by atoms with Crippen molar-refractivity contribution in [3.05, 3.63) is 0 Å². The Balaban J connectivity index is 4.01. The average molecular weight is 179 g/mol. The van der Waals surface area contributed by atoms with E-state index in [0.717, 1.165) is 0 Å². The number of sulfone groups is 1. The summed E-state index contributed by atoms with van der Waals surface area (Å²) in [5.41, 5.74) is 0. The predicted octanol–water partition coefficient (Wildman–Crippen LogP) is 1.02. The van der Waals surface area contributed by atoms with Gasteiger partial charge in [0.1, 0.15) is 0 Å². The Hall–Kier alpha value is -0.0900. The van der Waals surface area contributed by atoms with Gasteiger partial charge in [-0.3, -0.25) is 0 Å². The number of rotatable bonds is 5. The van der Waals surface area contributed by atoms with Gasteiger partial charge in [0.15, 0.2) is 9.84 Å². The summed E-state index contributed by atoms with van der Waals surface area (Å²) in [6, 6.07) is 0. The molecule has 0 aromatic carbocycles. The smallest absolute Gasteiger partial charge is 0.152 e. The molecule has 0 rings (SSSR count). The van der Waals surface area contributed by atoms with Crippen LogP contribution in [0.2, 0.25) is 0 Å². The molecule has 0 heterocycles. The molecule has 0 aliphatic carbocycles. The third-order valence-corrected chi connectivity index (χ3v) is 4.18. The minimum atomic E-state index is -2.97. The van der Waals surface area contributed by atoms with Crippen LogP contribution in [0.1, 0.15) is 26.7 Å². The van der Waals surface area contributed by atoms with E-state index >= 15 is 0 Å². The fraction of sp³-hybridized carbons (Fsp3) is 1.00. The van der Waals surface area contributed by atoms with Crippen molar-refractivity contribution >= 4 is 9.84 Å². The number of hydrogen-bond donors (Lipinski definition) is 0. The van der Waals surface area contributed by atoms with Crippen molar-refractivity contribution in [2.24, 2.45) is 0 Å². The molecule has 67 valence electrons. The van der Waals surface area contributed by atoms with Crippen molar-refractivity contribution in [3.63, 3.8) is 0 Å². The largest absolute Gasteiger partial charge is 0.237 e. The Kier molecular flexibility index (Phi) is 4.68. The number of hydrogen-bond acceptors (Lipinski definition) is 2. The fourth-order valence-electron chi connectivity index (χ4n) is 0.715. The second kappa shape index (κ2) is 4.72. The monoisotopic (exact) mass is 179 g/mol. The Bertz CT molecular complexity index is 184. The molecule has 0 aliphatic heterocycles. The molecule has 0 aromatic heterocycles. The van der Waals surface area contributed by atoms with E-state index in [1.807, 2.05) is 6.92 Å². The normalized spacial score (nSPS) is 14.8. The lowest BCUT2D eigenvalue weighted by Gasteiger charge is -2.08. The van der Waals surface area contributed by atoms with E-state index in [0.29, 0.717) is 6.42 Å². The van der Waals surface area contributed by atoms with Crippen molar-refractivity contribution in [3.8, 4) is 0 Å². The zero-order chi connectivity index (χ0) is 8.91. The van der Waals surface area contributed by atoms with Gasteiger partial charge in [0.2, 0.25) is 0 Å². The molecule has 11 heavy (non-hydrogen) atoms. The van der Waals surface area contributed by atoms with Crippen LogP contribution in [-0.4, -0.2) is 26.0 Å². The highest BCUT2D eigenvalue weighted by Crippen LogP contribution is 2.06. The third kappa shape index (κ3) is 3.72. The summed E-state index contributed by atoms with van der Waals surface area (Å²) in [5, 5.41) is 9.73. The first kappa shape index (κ1) is 10.9. The van der Waals surface area contributed by atoms with Gasteiger partial charge in [-0.25, -0.2) is 13.5 Å². The second-order valence-corrected chi connectivity index (χ2v) is 5.18. The van der Waals surface area contributed by atoms with E-state index in [2.05, 4.69) is 0 Å². The summed E-state index contributed by atoms with van der Waals surface area (Å²) in [6.45, 7) is 3.22. The quantitative estimate of drug-likeness (QED) is 0.632. The summed E-state index contributed by atoms with van der Waals surface area (Å²) in [6.07, 6.45) is 0.869. The van der Waals surface area contributed by atoms with Gasteiger partial charge >= 0.3 is 0 Å². The zero-order valence-corrected chi connectivity index (χ0v) is 7.86. The van der Waals surface area contributed by atoms with Crippen LogP contribution in [0.3, 0.4) is 0 Å². The van der Waals surface area contributed by atoms with Crippen molar-refractivity contribution in [2.75, 3.05) is 12.4 Å². The van der Waals surface area contributed by atoms with Gasteiger partial charge in [-0.2, -0.15) is 0 Å². The third-order valence-electron chi connectivity index (χ3n) is 1.76. The molecule has 3 nitrogen and oxygen atoms in total. The molecule has 1 atom stereocenters. The van der Waals surface area contributed by atoms with Crippen molar-refractivity contribution in [1.29, 1.82) is 0 Å². The van der Waals surface area contributed by atoms with Crippen molar-refractivity contribution < 1.29 is 13.5 Å². The molecule has 0 amide bonds. The van der Waals surface area contributed by atoms with Crippen LogP contribution in [0, 0.1) is 0 Å². The molecule has 0 spiro atoms. The van der Waals surface area contributed by atoms with Gasteiger partial charge in [-0.15, -0.1) is 0 Å². The molecule has 0 fully saturated rings. The van der Waals surface area contributed by atoms with Crippen molar-refractivity contribution in [2.45, 2.75) is 31.9 Å².